The van der Waals surface area contributed by atoms with E-state index in [4.69, 9.17) is 14.7 Å². The van der Waals surface area contributed by atoms with E-state index in [2.05, 4.69) is 4.98 Å². The highest BCUT2D eigenvalue weighted by Gasteiger charge is 2.11. The van der Waals surface area contributed by atoms with E-state index < -0.39 is 5.82 Å². The number of nitrogens with zero attached hydrogens (tertiary/aromatic N) is 2. The normalized spacial score (nSPS) is 9.74. The van der Waals surface area contributed by atoms with Crippen LogP contribution in [0.5, 0.6) is 11.5 Å². The lowest BCUT2D eigenvalue weighted by Crippen LogP contribution is -2.02. The lowest BCUT2D eigenvalue weighted by molar-refractivity contribution is 0.290. The molecule has 5 heteroatoms. The van der Waals surface area contributed by atoms with Gasteiger partial charge in [0.1, 0.15) is 18.2 Å². The van der Waals surface area contributed by atoms with Crippen LogP contribution in [-0.2, 0) is 6.61 Å². The zero-order chi connectivity index (χ0) is 13.7. The van der Waals surface area contributed by atoms with E-state index in [1.807, 2.05) is 0 Å². The van der Waals surface area contributed by atoms with Crippen LogP contribution in [0.15, 0.2) is 36.5 Å². The monoisotopic (exact) mass is 258 g/mol. The molecule has 1 aromatic carbocycles. The number of halogens is 1. The Morgan fingerprint density at radius 2 is 2.05 bits per heavy atom. The number of nitriles is 1. The standard InChI is InChI=1S/C14H11FN2O2/c1-10-13(6-3-7-17-10)18-8-11-12(15)4-2-5-14(11)19-9-16/h2-7H,8H2,1H3. The minimum Gasteiger partial charge on any atom is -0.487 e. The molecule has 2 rings (SSSR count). The fraction of sp³-hybridized carbons (Fsp3) is 0.143. The van der Waals surface area contributed by atoms with E-state index in [1.54, 1.807) is 25.3 Å². The molecule has 0 bridgehead atoms. The van der Waals surface area contributed by atoms with Crippen molar-refractivity contribution in [1.29, 1.82) is 5.26 Å². The van der Waals surface area contributed by atoms with Crippen LogP contribution in [0.4, 0.5) is 4.39 Å². The summed E-state index contributed by atoms with van der Waals surface area (Å²) in [6, 6.07) is 7.76. The average Bonchev–Trinajstić information content (AvgIpc) is 2.40. The summed E-state index contributed by atoms with van der Waals surface area (Å²) in [5, 5.41) is 8.52. The van der Waals surface area contributed by atoms with Crippen molar-refractivity contribution in [2.45, 2.75) is 13.5 Å². The van der Waals surface area contributed by atoms with Crippen molar-refractivity contribution in [3.63, 3.8) is 0 Å². The first-order chi connectivity index (χ1) is 9.22. The highest BCUT2D eigenvalue weighted by atomic mass is 19.1. The lowest BCUT2D eigenvalue weighted by atomic mass is 10.2. The second-order valence-corrected chi connectivity index (χ2v) is 3.79. The van der Waals surface area contributed by atoms with Gasteiger partial charge in [0.25, 0.3) is 6.26 Å². The second kappa shape index (κ2) is 5.83. The summed E-state index contributed by atoms with van der Waals surface area (Å²) in [4.78, 5) is 4.07. The molecule has 1 heterocycles. The van der Waals surface area contributed by atoms with E-state index in [9.17, 15) is 4.39 Å². The Labute approximate surface area is 110 Å². The molecule has 96 valence electrons. The van der Waals surface area contributed by atoms with Crippen LogP contribution in [-0.4, -0.2) is 4.98 Å². The Bertz CT molecular complexity index is 623. The van der Waals surface area contributed by atoms with Gasteiger partial charge in [0.15, 0.2) is 5.75 Å². The Morgan fingerprint density at radius 3 is 2.79 bits per heavy atom. The van der Waals surface area contributed by atoms with Crippen molar-refractivity contribution in [2.75, 3.05) is 0 Å². The Hall–Kier alpha value is -2.61. The highest BCUT2D eigenvalue weighted by Crippen LogP contribution is 2.24. The first-order valence-electron chi connectivity index (χ1n) is 5.60. The number of rotatable bonds is 4. The van der Waals surface area contributed by atoms with Gasteiger partial charge in [-0.15, -0.1) is 5.26 Å². The van der Waals surface area contributed by atoms with Crippen LogP contribution < -0.4 is 9.47 Å². The van der Waals surface area contributed by atoms with E-state index in [1.165, 1.54) is 24.5 Å². The van der Waals surface area contributed by atoms with Crippen molar-refractivity contribution in [1.82, 2.24) is 4.98 Å². The summed E-state index contributed by atoms with van der Waals surface area (Å²) in [5.74, 6) is 0.243. The van der Waals surface area contributed by atoms with Gasteiger partial charge in [-0.1, -0.05) is 6.07 Å². The molecule has 0 saturated heterocycles. The van der Waals surface area contributed by atoms with Crippen LogP contribution in [0.3, 0.4) is 0 Å². The SMILES string of the molecule is Cc1ncccc1OCc1c(F)cccc1OC#N. The molecule has 0 spiro atoms. The first-order valence-corrected chi connectivity index (χ1v) is 5.60. The van der Waals surface area contributed by atoms with Gasteiger partial charge in [-0.05, 0) is 31.2 Å². The number of aryl methyl sites for hydroxylation is 1. The van der Waals surface area contributed by atoms with E-state index in [0.717, 1.165) is 0 Å². The molecule has 0 unspecified atom stereocenters. The van der Waals surface area contributed by atoms with Gasteiger partial charge in [0.05, 0.1) is 11.3 Å². The van der Waals surface area contributed by atoms with Gasteiger partial charge in [0, 0.05) is 6.20 Å². The summed E-state index contributed by atoms with van der Waals surface area (Å²) in [6.07, 6.45) is 3.17. The van der Waals surface area contributed by atoms with Crippen molar-refractivity contribution < 1.29 is 13.9 Å². The van der Waals surface area contributed by atoms with Gasteiger partial charge in [0.2, 0.25) is 0 Å². The largest absolute Gasteiger partial charge is 0.487 e. The molecule has 2 aromatic rings. The van der Waals surface area contributed by atoms with Crippen molar-refractivity contribution in [3.05, 3.63) is 53.6 Å². The first kappa shape index (κ1) is 12.8. The van der Waals surface area contributed by atoms with Gasteiger partial charge >= 0.3 is 0 Å². The molecule has 19 heavy (non-hydrogen) atoms. The summed E-state index contributed by atoms with van der Waals surface area (Å²) in [7, 11) is 0. The molecule has 0 amide bonds. The van der Waals surface area contributed by atoms with Crippen LogP contribution >= 0.6 is 0 Å². The third kappa shape index (κ3) is 2.99. The zero-order valence-electron chi connectivity index (χ0n) is 10.3. The predicted molar refractivity (Wildman–Crippen MR) is 65.9 cm³/mol. The fourth-order valence-corrected chi connectivity index (χ4v) is 1.60. The van der Waals surface area contributed by atoms with E-state index >= 15 is 0 Å². The molecule has 0 aliphatic carbocycles. The van der Waals surface area contributed by atoms with Gasteiger partial charge < -0.3 is 9.47 Å². The number of hydrogen-bond acceptors (Lipinski definition) is 4. The van der Waals surface area contributed by atoms with E-state index in [0.29, 0.717) is 11.4 Å². The maximum atomic E-state index is 13.7. The third-order valence-electron chi connectivity index (χ3n) is 2.56. The molecule has 0 aliphatic heterocycles. The third-order valence-corrected chi connectivity index (χ3v) is 2.56. The molecule has 0 aliphatic rings. The van der Waals surface area contributed by atoms with Gasteiger partial charge in [-0.3, -0.25) is 4.98 Å². The minimum absolute atomic E-state index is 0.0315. The lowest BCUT2D eigenvalue weighted by Gasteiger charge is -2.10. The number of benzene rings is 1. The molecule has 0 N–H and O–H groups in total. The molecular weight excluding hydrogens is 247 g/mol. The summed E-state index contributed by atoms with van der Waals surface area (Å²) in [6.45, 7) is 1.76. The van der Waals surface area contributed by atoms with Crippen molar-refractivity contribution in [2.24, 2.45) is 0 Å². The Balaban J connectivity index is 2.20. The minimum atomic E-state index is -0.478. The van der Waals surface area contributed by atoms with Crippen molar-refractivity contribution in [3.8, 4) is 17.8 Å². The van der Waals surface area contributed by atoms with Crippen LogP contribution in [0.1, 0.15) is 11.3 Å². The van der Waals surface area contributed by atoms with Crippen LogP contribution in [0, 0.1) is 24.3 Å². The Kier molecular flexibility index (Phi) is 3.94. The molecule has 0 atom stereocenters. The molecule has 0 radical (unpaired) electrons. The van der Waals surface area contributed by atoms with Crippen molar-refractivity contribution >= 4 is 0 Å². The van der Waals surface area contributed by atoms with E-state index in [-0.39, 0.29) is 17.9 Å². The number of pyridine rings is 1. The highest BCUT2D eigenvalue weighted by molar-refractivity contribution is 5.36. The number of ether oxygens (including phenoxy) is 2. The zero-order valence-corrected chi connectivity index (χ0v) is 10.3. The smallest absolute Gasteiger partial charge is 0.292 e. The Morgan fingerprint density at radius 1 is 1.26 bits per heavy atom. The van der Waals surface area contributed by atoms with Gasteiger partial charge in [-0.25, -0.2) is 4.39 Å². The van der Waals surface area contributed by atoms with Crippen LogP contribution in [0.25, 0.3) is 0 Å². The predicted octanol–water partition coefficient (Wildman–Crippen LogP) is 2.97. The molecular formula is C14H11FN2O2. The maximum absolute atomic E-state index is 13.7. The topological polar surface area (TPSA) is 55.1 Å². The number of hydrogen-bond donors (Lipinski definition) is 0. The second-order valence-electron chi connectivity index (χ2n) is 3.79. The molecule has 1 aromatic heterocycles. The molecule has 4 nitrogen and oxygen atoms in total. The quantitative estimate of drug-likeness (QED) is 0.791. The fourth-order valence-electron chi connectivity index (χ4n) is 1.60. The van der Waals surface area contributed by atoms with Crippen LogP contribution in [0.2, 0.25) is 0 Å². The summed E-state index contributed by atoms with van der Waals surface area (Å²) >= 11 is 0. The maximum Gasteiger partial charge on any atom is 0.292 e. The summed E-state index contributed by atoms with van der Waals surface area (Å²) in [5.41, 5.74) is 0.911. The van der Waals surface area contributed by atoms with Gasteiger partial charge in [-0.2, -0.15) is 0 Å². The number of aromatic nitrogens is 1. The molecule has 0 fully saturated rings. The molecule has 0 saturated carbocycles. The summed E-state index contributed by atoms with van der Waals surface area (Å²) < 4.78 is 23.9. The average molecular weight is 258 g/mol.